The lowest BCUT2D eigenvalue weighted by molar-refractivity contribution is 0.100. The van der Waals surface area contributed by atoms with Crippen molar-refractivity contribution in [3.05, 3.63) is 53.7 Å². The summed E-state index contributed by atoms with van der Waals surface area (Å²) < 4.78 is 11.4. The molecule has 0 atom stereocenters. The summed E-state index contributed by atoms with van der Waals surface area (Å²) in [4.78, 5) is 19.7. The summed E-state index contributed by atoms with van der Waals surface area (Å²) in [5.74, 6) is 1.31. The highest BCUT2D eigenvalue weighted by atomic mass is 16.6. The van der Waals surface area contributed by atoms with Crippen LogP contribution in [0.1, 0.15) is 22.3 Å². The number of amides is 1. The molecule has 3 heterocycles. The Morgan fingerprint density at radius 1 is 1.00 bits per heavy atom. The third-order valence-electron chi connectivity index (χ3n) is 6.24. The molecule has 0 aliphatic carbocycles. The van der Waals surface area contributed by atoms with Crippen LogP contribution < -0.4 is 20.1 Å². The molecule has 1 aromatic heterocycles. The van der Waals surface area contributed by atoms with Crippen LogP contribution in [0.4, 0.5) is 5.69 Å². The first-order chi connectivity index (χ1) is 15.2. The number of carbonyl (C=O) groups is 1. The van der Waals surface area contributed by atoms with Crippen LogP contribution in [0, 0.1) is 0 Å². The van der Waals surface area contributed by atoms with Crippen LogP contribution in [0.2, 0.25) is 0 Å². The van der Waals surface area contributed by atoms with Crippen LogP contribution in [0.3, 0.4) is 0 Å². The van der Waals surface area contributed by atoms with Crippen LogP contribution in [-0.2, 0) is 6.42 Å². The van der Waals surface area contributed by atoms with Gasteiger partial charge in [0.15, 0.2) is 11.5 Å². The Balaban J connectivity index is 1.14. The minimum Gasteiger partial charge on any atom is -0.486 e. The van der Waals surface area contributed by atoms with Crippen molar-refractivity contribution in [2.75, 3.05) is 50.8 Å². The topological polar surface area (TPSA) is 83.8 Å². The Hall–Kier alpha value is -3.19. The number of hydrogen-bond donors (Lipinski definition) is 2. The molecule has 162 valence electrons. The highest BCUT2D eigenvalue weighted by molar-refractivity contribution is 5.97. The monoisotopic (exact) mass is 420 g/mol. The van der Waals surface area contributed by atoms with Crippen molar-refractivity contribution in [2.24, 2.45) is 5.73 Å². The van der Waals surface area contributed by atoms with Gasteiger partial charge in [0, 0.05) is 60.6 Å². The number of benzene rings is 2. The van der Waals surface area contributed by atoms with E-state index in [0.717, 1.165) is 68.0 Å². The second kappa shape index (κ2) is 8.51. The maximum absolute atomic E-state index is 11.5. The molecule has 1 amide bonds. The summed E-state index contributed by atoms with van der Waals surface area (Å²) in [5, 5.41) is 1.10. The third-order valence-corrected chi connectivity index (χ3v) is 6.24. The molecular formula is C24H28N4O3. The van der Waals surface area contributed by atoms with Gasteiger partial charge < -0.3 is 25.1 Å². The van der Waals surface area contributed by atoms with Gasteiger partial charge in [-0.15, -0.1) is 0 Å². The van der Waals surface area contributed by atoms with Gasteiger partial charge in [0.1, 0.15) is 13.2 Å². The van der Waals surface area contributed by atoms with Crippen molar-refractivity contribution in [1.82, 2.24) is 9.88 Å². The molecule has 2 aromatic carbocycles. The maximum atomic E-state index is 11.5. The predicted molar refractivity (Wildman–Crippen MR) is 121 cm³/mol. The van der Waals surface area contributed by atoms with Gasteiger partial charge in [-0.3, -0.25) is 9.69 Å². The van der Waals surface area contributed by atoms with Gasteiger partial charge in [-0.2, -0.15) is 0 Å². The van der Waals surface area contributed by atoms with E-state index in [1.165, 1.54) is 11.3 Å². The Morgan fingerprint density at radius 3 is 2.61 bits per heavy atom. The molecule has 2 aliphatic rings. The van der Waals surface area contributed by atoms with Gasteiger partial charge in [-0.05, 0) is 55.3 Å². The molecule has 1 fully saturated rings. The first-order valence-electron chi connectivity index (χ1n) is 10.9. The first kappa shape index (κ1) is 19.8. The minimum absolute atomic E-state index is 0.384. The van der Waals surface area contributed by atoms with E-state index in [1.54, 1.807) is 6.07 Å². The summed E-state index contributed by atoms with van der Waals surface area (Å²) in [5.41, 5.74) is 9.49. The van der Waals surface area contributed by atoms with Gasteiger partial charge >= 0.3 is 0 Å². The van der Waals surface area contributed by atoms with Crippen molar-refractivity contribution < 1.29 is 14.3 Å². The second-order valence-corrected chi connectivity index (χ2v) is 8.20. The maximum Gasteiger partial charge on any atom is 0.248 e. The Kier molecular flexibility index (Phi) is 5.42. The molecule has 1 saturated heterocycles. The average Bonchev–Trinajstić information content (AvgIpc) is 3.21. The van der Waals surface area contributed by atoms with Gasteiger partial charge in [0.05, 0.1) is 0 Å². The number of nitrogens with zero attached hydrogens (tertiary/aromatic N) is 2. The number of nitrogens with two attached hydrogens (primary N) is 1. The average molecular weight is 421 g/mol. The highest BCUT2D eigenvalue weighted by Gasteiger charge is 2.19. The van der Waals surface area contributed by atoms with Gasteiger partial charge in [0.25, 0.3) is 0 Å². The molecule has 2 aliphatic heterocycles. The van der Waals surface area contributed by atoms with E-state index in [4.69, 9.17) is 15.2 Å². The van der Waals surface area contributed by atoms with E-state index in [-0.39, 0.29) is 5.91 Å². The molecule has 31 heavy (non-hydrogen) atoms. The Bertz CT molecular complexity index is 1090. The summed E-state index contributed by atoms with van der Waals surface area (Å²) in [7, 11) is 0. The molecule has 0 spiro atoms. The number of fused-ring (bicyclic) bond motifs is 2. The van der Waals surface area contributed by atoms with Crippen LogP contribution >= 0.6 is 0 Å². The molecule has 7 nitrogen and oxygen atoms in total. The highest BCUT2D eigenvalue weighted by Crippen LogP contribution is 2.34. The zero-order chi connectivity index (χ0) is 21.2. The van der Waals surface area contributed by atoms with E-state index in [2.05, 4.69) is 33.1 Å². The number of rotatable bonds is 6. The molecule has 0 radical (unpaired) electrons. The number of carbonyl (C=O) groups excluding carboxylic acids is 1. The number of aromatic amines is 1. The van der Waals surface area contributed by atoms with Crippen LogP contribution in [-0.4, -0.2) is 61.7 Å². The fourth-order valence-corrected chi connectivity index (χ4v) is 4.49. The number of aromatic nitrogens is 1. The van der Waals surface area contributed by atoms with Crippen molar-refractivity contribution >= 4 is 22.5 Å². The van der Waals surface area contributed by atoms with Crippen molar-refractivity contribution in [3.63, 3.8) is 0 Å². The predicted octanol–water partition coefficient (Wildman–Crippen LogP) is 2.79. The first-order valence-corrected chi connectivity index (χ1v) is 10.9. The number of primary amides is 1. The van der Waals surface area contributed by atoms with Crippen LogP contribution in [0.25, 0.3) is 10.9 Å². The van der Waals surface area contributed by atoms with Gasteiger partial charge in [-0.1, -0.05) is 0 Å². The SMILES string of the molecule is NC(=O)c1ccc2[nH]cc(CCCN3CCN(c4ccc5c(c4)OCCO5)CC3)c2c1. The smallest absolute Gasteiger partial charge is 0.248 e. The largest absolute Gasteiger partial charge is 0.486 e. The molecular weight excluding hydrogens is 392 g/mol. The summed E-state index contributed by atoms with van der Waals surface area (Å²) in [6.07, 6.45) is 4.11. The van der Waals surface area contributed by atoms with Crippen molar-refractivity contribution in [2.45, 2.75) is 12.8 Å². The molecule has 0 unspecified atom stereocenters. The Morgan fingerprint density at radius 2 is 1.81 bits per heavy atom. The van der Waals surface area contributed by atoms with E-state index in [0.29, 0.717) is 18.8 Å². The molecule has 3 aromatic rings. The normalized spacial score (nSPS) is 16.6. The number of H-pyrrole nitrogens is 1. The summed E-state index contributed by atoms with van der Waals surface area (Å²) >= 11 is 0. The fourth-order valence-electron chi connectivity index (χ4n) is 4.49. The number of ether oxygens (including phenoxy) is 2. The van der Waals surface area contributed by atoms with Gasteiger partial charge in [0.2, 0.25) is 5.91 Å². The number of aryl methyl sites for hydroxylation is 1. The van der Waals surface area contributed by atoms with Crippen LogP contribution in [0.5, 0.6) is 11.5 Å². The molecule has 0 saturated carbocycles. The zero-order valence-corrected chi connectivity index (χ0v) is 17.6. The molecule has 5 rings (SSSR count). The number of piperazine rings is 1. The number of anilines is 1. The van der Waals surface area contributed by atoms with Crippen molar-refractivity contribution in [3.8, 4) is 11.5 Å². The van der Waals surface area contributed by atoms with E-state index >= 15 is 0 Å². The standard InChI is InChI=1S/C24H28N4O3/c25-24(29)17-3-5-21-20(14-17)18(16-26-21)2-1-7-27-8-10-28(11-9-27)19-4-6-22-23(15-19)31-13-12-30-22/h3-6,14-16,26H,1-2,7-13H2,(H2,25,29). The van der Waals surface area contributed by atoms with E-state index in [1.807, 2.05) is 18.2 Å². The van der Waals surface area contributed by atoms with Crippen LogP contribution in [0.15, 0.2) is 42.6 Å². The third kappa shape index (κ3) is 4.18. The summed E-state index contributed by atoms with van der Waals surface area (Å²) in [6.45, 7) is 6.42. The van der Waals surface area contributed by atoms with E-state index < -0.39 is 0 Å². The fraction of sp³-hybridized carbons (Fsp3) is 0.375. The minimum atomic E-state index is -0.384. The lowest BCUT2D eigenvalue weighted by atomic mass is 10.1. The molecule has 3 N–H and O–H groups in total. The van der Waals surface area contributed by atoms with E-state index in [9.17, 15) is 4.79 Å². The quantitative estimate of drug-likeness (QED) is 0.641. The zero-order valence-electron chi connectivity index (χ0n) is 17.6. The lowest BCUT2D eigenvalue weighted by Gasteiger charge is -2.36. The van der Waals surface area contributed by atoms with Crippen molar-refractivity contribution in [1.29, 1.82) is 0 Å². The van der Waals surface area contributed by atoms with Gasteiger partial charge in [-0.25, -0.2) is 0 Å². The molecule has 0 bridgehead atoms. The molecule has 7 heteroatoms. The lowest BCUT2D eigenvalue weighted by Crippen LogP contribution is -2.46. The summed E-state index contributed by atoms with van der Waals surface area (Å²) in [6, 6.07) is 11.8. The number of hydrogen-bond acceptors (Lipinski definition) is 5. The second-order valence-electron chi connectivity index (χ2n) is 8.20. The Labute approximate surface area is 181 Å². The number of nitrogens with one attached hydrogen (secondary N) is 1.